The maximum absolute atomic E-state index is 12.3. The molecule has 3 atom stereocenters. The van der Waals surface area contributed by atoms with Crippen LogP contribution < -0.4 is 16.0 Å². The van der Waals surface area contributed by atoms with Crippen LogP contribution >= 0.6 is 0 Å². The van der Waals surface area contributed by atoms with Gasteiger partial charge in [0.25, 0.3) is 0 Å². The Balaban J connectivity index is 2.62. The van der Waals surface area contributed by atoms with E-state index < -0.39 is 30.5 Å². The van der Waals surface area contributed by atoms with E-state index in [1.807, 2.05) is 13.8 Å². The largest absolute Gasteiger partial charge is 0.480 e. The minimum absolute atomic E-state index is 0.0331. The lowest BCUT2D eigenvalue weighted by Gasteiger charge is -2.21. The van der Waals surface area contributed by atoms with Crippen LogP contribution in [0.2, 0.25) is 0 Å². The first-order valence-electron chi connectivity index (χ1n) is 7.74. The number of hydrogen-bond acceptors (Lipinski definition) is 5. The average molecular weight is 327 g/mol. The third-order valence-corrected chi connectivity index (χ3v) is 3.78. The predicted octanol–water partition coefficient (Wildman–Crippen LogP) is -0.715. The molecule has 1 unspecified atom stereocenters. The molecule has 1 saturated heterocycles. The van der Waals surface area contributed by atoms with Crippen molar-refractivity contribution in [1.82, 2.24) is 16.0 Å². The maximum atomic E-state index is 12.3. The van der Waals surface area contributed by atoms with Gasteiger partial charge in [-0.2, -0.15) is 0 Å². The molecule has 0 aliphatic carbocycles. The predicted molar refractivity (Wildman–Crippen MR) is 82.6 cm³/mol. The molecule has 8 nitrogen and oxygen atoms in total. The molecule has 8 heteroatoms. The highest BCUT2D eigenvalue weighted by Crippen LogP contribution is 2.15. The summed E-state index contributed by atoms with van der Waals surface area (Å²) in [7, 11) is 0. The zero-order valence-electron chi connectivity index (χ0n) is 13.7. The Labute approximate surface area is 135 Å². The summed E-state index contributed by atoms with van der Waals surface area (Å²) in [6.07, 6.45) is 0.812. The summed E-state index contributed by atoms with van der Waals surface area (Å²) in [5.74, 6) is -2.01. The smallest absolute Gasteiger partial charge is 0.322 e. The van der Waals surface area contributed by atoms with Crippen LogP contribution in [-0.4, -0.2) is 53.8 Å². The first-order valence-corrected chi connectivity index (χ1v) is 7.74. The van der Waals surface area contributed by atoms with E-state index in [-0.39, 0.29) is 23.5 Å². The average Bonchev–Trinajstić information content (AvgIpc) is 2.93. The second-order valence-corrected chi connectivity index (χ2v) is 6.31. The highest BCUT2D eigenvalue weighted by Gasteiger charge is 2.33. The molecule has 1 aliphatic rings. The van der Waals surface area contributed by atoms with Crippen LogP contribution in [-0.2, 0) is 19.2 Å². The van der Waals surface area contributed by atoms with Crippen LogP contribution in [0.15, 0.2) is 0 Å². The minimum atomic E-state index is -1.14. The zero-order chi connectivity index (χ0) is 17.6. The number of aliphatic carboxylic acids is 1. The fourth-order valence-corrected chi connectivity index (χ4v) is 2.51. The van der Waals surface area contributed by atoms with Gasteiger partial charge in [-0.3, -0.25) is 19.2 Å². The molecule has 1 rings (SSSR count). The van der Waals surface area contributed by atoms with Crippen molar-refractivity contribution in [2.75, 3.05) is 13.1 Å². The van der Waals surface area contributed by atoms with Crippen molar-refractivity contribution in [1.29, 1.82) is 0 Å². The van der Waals surface area contributed by atoms with E-state index in [2.05, 4.69) is 16.0 Å². The van der Waals surface area contributed by atoms with Crippen molar-refractivity contribution in [3.8, 4) is 0 Å². The monoisotopic (exact) mass is 327 g/mol. The van der Waals surface area contributed by atoms with E-state index in [9.17, 15) is 19.2 Å². The topological polar surface area (TPSA) is 125 Å². The molecule has 4 N–H and O–H groups in total. The number of amides is 2. The molecular formula is C15H25N3O5. The number of hydrogen-bond donors (Lipinski definition) is 4. The van der Waals surface area contributed by atoms with Gasteiger partial charge in [0, 0.05) is 12.5 Å². The molecule has 23 heavy (non-hydrogen) atoms. The van der Waals surface area contributed by atoms with Crippen molar-refractivity contribution in [3.05, 3.63) is 0 Å². The van der Waals surface area contributed by atoms with Crippen molar-refractivity contribution in [2.45, 2.75) is 45.7 Å². The minimum Gasteiger partial charge on any atom is -0.480 e. The van der Waals surface area contributed by atoms with E-state index in [1.165, 1.54) is 6.92 Å². The SMILES string of the molecule is CC(=O)C1CN[C@H](C(=O)N[C@@H](CC(C)C)C(=O)NCC(=O)O)C1. The number of rotatable bonds is 8. The summed E-state index contributed by atoms with van der Waals surface area (Å²) in [6, 6.07) is -1.30. The number of nitrogens with one attached hydrogen (secondary N) is 3. The van der Waals surface area contributed by atoms with Crippen LogP contribution in [0.1, 0.15) is 33.6 Å². The Morgan fingerprint density at radius 3 is 2.39 bits per heavy atom. The van der Waals surface area contributed by atoms with E-state index >= 15 is 0 Å². The third-order valence-electron chi connectivity index (χ3n) is 3.78. The highest BCUT2D eigenvalue weighted by atomic mass is 16.4. The van der Waals surface area contributed by atoms with E-state index in [0.717, 1.165) is 0 Å². The quantitative estimate of drug-likeness (QED) is 0.466. The molecular weight excluding hydrogens is 302 g/mol. The normalized spacial score (nSPS) is 21.7. The van der Waals surface area contributed by atoms with E-state index in [0.29, 0.717) is 19.4 Å². The second-order valence-electron chi connectivity index (χ2n) is 6.31. The number of carbonyl (C=O) groups is 4. The molecule has 0 aromatic carbocycles. The molecule has 1 fully saturated rings. The highest BCUT2D eigenvalue weighted by molar-refractivity contribution is 5.91. The molecule has 0 saturated carbocycles. The molecule has 2 amide bonds. The van der Waals surface area contributed by atoms with Gasteiger partial charge in [-0.1, -0.05) is 13.8 Å². The van der Waals surface area contributed by atoms with Gasteiger partial charge in [0.15, 0.2) is 0 Å². The third kappa shape index (κ3) is 6.35. The zero-order valence-corrected chi connectivity index (χ0v) is 13.7. The standard InChI is InChI=1S/C15H25N3O5/c1-8(2)4-12(14(22)17-7-13(20)21)18-15(23)11-5-10(6-16-11)9(3)19/h8,10-12,16H,4-7H2,1-3H3,(H,17,22)(H,18,23)(H,20,21)/t10?,11-,12-/m0/s1. The lowest BCUT2D eigenvalue weighted by Crippen LogP contribution is -2.52. The first-order chi connectivity index (χ1) is 10.7. The summed E-state index contributed by atoms with van der Waals surface area (Å²) in [5.41, 5.74) is 0. The molecule has 0 aromatic rings. The maximum Gasteiger partial charge on any atom is 0.322 e. The second kappa shape index (κ2) is 8.61. The lowest BCUT2D eigenvalue weighted by molar-refractivity contribution is -0.138. The Morgan fingerprint density at radius 1 is 1.26 bits per heavy atom. The van der Waals surface area contributed by atoms with Crippen LogP contribution in [0, 0.1) is 11.8 Å². The molecule has 0 aromatic heterocycles. The molecule has 0 radical (unpaired) electrons. The number of Topliss-reactive ketones (excluding diaryl/α,β-unsaturated/α-hetero) is 1. The summed E-state index contributed by atoms with van der Waals surface area (Å²) >= 11 is 0. The molecule has 0 spiro atoms. The van der Waals surface area contributed by atoms with Crippen LogP contribution in [0.3, 0.4) is 0 Å². The molecule has 1 aliphatic heterocycles. The van der Waals surface area contributed by atoms with E-state index in [1.54, 1.807) is 0 Å². The summed E-state index contributed by atoms with van der Waals surface area (Å²) in [4.78, 5) is 46.2. The van der Waals surface area contributed by atoms with Gasteiger partial charge in [-0.05, 0) is 25.7 Å². The van der Waals surface area contributed by atoms with Gasteiger partial charge in [-0.15, -0.1) is 0 Å². The molecule has 130 valence electrons. The van der Waals surface area contributed by atoms with Crippen molar-refractivity contribution in [2.24, 2.45) is 11.8 Å². The van der Waals surface area contributed by atoms with Gasteiger partial charge in [-0.25, -0.2) is 0 Å². The summed E-state index contributed by atoms with van der Waals surface area (Å²) in [6.45, 7) is 5.27. The summed E-state index contributed by atoms with van der Waals surface area (Å²) < 4.78 is 0. The first kappa shape index (κ1) is 19.1. The van der Waals surface area contributed by atoms with Gasteiger partial charge in [0.2, 0.25) is 11.8 Å². The van der Waals surface area contributed by atoms with Crippen molar-refractivity contribution in [3.63, 3.8) is 0 Å². The van der Waals surface area contributed by atoms with Gasteiger partial charge >= 0.3 is 5.97 Å². The molecule has 0 bridgehead atoms. The fraction of sp³-hybridized carbons (Fsp3) is 0.733. The Bertz CT molecular complexity index is 478. The molecule has 1 heterocycles. The summed E-state index contributed by atoms with van der Waals surface area (Å²) in [5, 5.41) is 16.5. The van der Waals surface area contributed by atoms with Gasteiger partial charge in [0.05, 0.1) is 6.04 Å². The lowest BCUT2D eigenvalue weighted by atomic mass is 10.00. The number of carboxylic acids is 1. The Hall–Kier alpha value is -1.96. The van der Waals surface area contributed by atoms with Crippen molar-refractivity contribution >= 4 is 23.6 Å². The van der Waals surface area contributed by atoms with Crippen LogP contribution in [0.4, 0.5) is 0 Å². The number of carbonyl (C=O) groups excluding carboxylic acids is 3. The Kier molecular flexibility index (Phi) is 7.15. The van der Waals surface area contributed by atoms with Gasteiger partial charge < -0.3 is 21.1 Å². The van der Waals surface area contributed by atoms with Crippen LogP contribution in [0.5, 0.6) is 0 Å². The van der Waals surface area contributed by atoms with E-state index in [4.69, 9.17) is 5.11 Å². The number of ketones is 1. The van der Waals surface area contributed by atoms with Crippen LogP contribution in [0.25, 0.3) is 0 Å². The van der Waals surface area contributed by atoms with Gasteiger partial charge in [0.1, 0.15) is 18.4 Å². The number of carboxylic acid groups (broad SMARTS) is 1. The van der Waals surface area contributed by atoms with Crippen molar-refractivity contribution < 1.29 is 24.3 Å². The Morgan fingerprint density at radius 2 is 1.91 bits per heavy atom. The fourth-order valence-electron chi connectivity index (χ4n) is 2.51.